The molecule has 2 saturated heterocycles. The van der Waals surface area contributed by atoms with E-state index in [1.807, 2.05) is 30.3 Å². The van der Waals surface area contributed by atoms with Gasteiger partial charge in [0.1, 0.15) is 6.61 Å². The zero-order valence-electron chi connectivity index (χ0n) is 18.4. The fraction of sp³-hybridized carbons (Fsp3) is 0.625. The van der Waals surface area contributed by atoms with Gasteiger partial charge in [0.25, 0.3) is 0 Å². The molecule has 168 valence electrons. The number of piperidine rings is 2. The maximum Gasteiger partial charge on any atom is 0.238 e. The summed E-state index contributed by atoms with van der Waals surface area (Å²) in [5.41, 5.74) is 1.15. The first-order valence-electron chi connectivity index (χ1n) is 11.3. The predicted molar refractivity (Wildman–Crippen MR) is 116 cm³/mol. The number of rotatable bonds is 9. The van der Waals surface area contributed by atoms with Crippen LogP contribution in [0.15, 0.2) is 30.3 Å². The fourth-order valence-electron chi connectivity index (χ4n) is 5.30. The predicted octanol–water partition coefficient (Wildman–Crippen LogP) is 1.42. The van der Waals surface area contributed by atoms with E-state index in [9.17, 15) is 14.4 Å². The molecule has 7 nitrogen and oxygen atoms in total. The Balaban J connectivity index is 1.37. The number of ether oxygens (including phenoxy) is 1. The highest BCUT2D eigenvalue weighted by Gasteiger charge is 2.65. The number of Topliss-reactive ketones (excluding diaryl/α,β-unsaturated/α-hetero) is 1. The quantitative estimate of drug-likeness (QED) is 0.554. The SMILES string of the molecule is CC1(C)C2CNC(C(=O)N[C@@H](C[C@@H]3CCCNC3=O)C(=O)COCc3ccccc3)C21. The number of fused-ring (bicyclic) bond motifs is 1. The van der Waals surface area contributed by atoms with E-state index < -0.39 is 6.04 Å². The number of benzene rings is 1. The minimum Gasteiger partial charge on any atom is -0.369 e. The van der Waals surface area contributed by atoms with Crippen LogP contribution in [0.25, 0.3) is 0 Å². The third-order valence-corrected chi connectivity index (χ3v) is 7.32. The van der Waals surface area contributed by atoms with Crippen LogP contribution in [0.3, 0.4) is 0 Å². The van der Waals surface area contributed by atoms with E-state index in [2.05, 4.69) is 29.8 Å². The zero-order chi connectivity index (χ0) is 22.0. The Morgan fingerprint density at radius 1 is 1.26 bits per heavy atom. The maximum atomic E-state index is 13.0. The van der Waals surface area contributed by atoms with Crippen molar-refractivity contribution in [3.63, 3.8) is 0 Å². The molecule has 1 aromatic carbocycles. The summed E-state index contributed by atoms with van der Waals surface area (Å²) in [7, 11) is 0. The Morgan fingerprint density at radius 2 is 2.03 bits per heavy atom. The van der Waals surface area contributed by atoms with Crippen LogP contribution in [-0.2, 0) is 25.7 Å². The van der Waals surface area contributed by atoms with Gasteiger partial charge in [-0.3, -0.25) is 14.4 Å². The molecule has 1 aromatic rings. The number of ketones is 1. The van der Waals surface area contributed by atoms with Crippen molar-refractivity contribution in [3.8, 4) is 0 Å². The second-order valence-electron chi connectivity index (χ2n) is 9.71. The number of hydrogen-bond donors (Lipinski definition) is 3. The topological polar surface area (TPSA) is 96.5 Å². The van der Waals surface area contributed by atoms with Gasteiger partial charge >= 0.3 is 0 Å². The third-order valence-electron chi connectivity index (χ3n) is 7.32. The van der Waals surface area contributed by atoms with E-state index in [1.165, 1.54) is 0 Å². The van der Waals surface area contributed by atoms with E-state index in [0.29, 0.717) is 31.4 Å². The first-order valence-corrected chi connectivity index (χ1v) is 11.3. The Bertz CT molecular complexity index is 825. The molecule has 0 aromatic heterocycles. The summed E-state index contributed by atoms with van der Waals surface area (Å²) in [6.07, 6.45) is 1.93. The summed E-state index contributed by atoms with van der Waals surface area (Å²) in [4.78, 5) is 38.3. The van der Waals surface area contributed by atoms with Gasteiger partial charge in [0, 0.05) is 12.5 Å². The summed E-state index contributed by atoms with van der Waals surface area (Å²) < 4.78 is 5.63. The standard InChI is InChI=1S/C24H33N3O4/c1-24(2)17-12-26-21(20(17)24)23(30)27-18(11-16-9-6-10-25-22(16)29)19(28)14-31-13-15-7-4-3-5-8-15/h3-5,7-8,16-18,20-21,26H,6,9-14H2,1-2H3,(H,25,29)(H,27,30)/t16-,17?,18-,20?,21?/m0/s1. The van der Waals surface area contributed by atoms with Crippen molar-refractivity contribution < 1.29 is 19.1 Å². The van der Waals surface area contributed by atoms with Crippen molar-refractivity contribution in [2.45, 2.75) is 51.8 Å². The van der Waals surface area contributed by atoms with Crippen LogP contribution < -0.4 is 16.0 Å². The van der Waals surface area contributed by atoms with Crippen LogP contribution in [0.4, 0.5) is 0 Å². The van der Waals surface area contributed by atoms with Crippen molar-refractivity contribution in [1.29, 1.82) is 0 Å². The van der Waals surface area contributed by atoms with Gasteiger partial charge in [0.2, 0.25) is 11.8 Å². The molecule has 3 fully saturated rings. The van der Waals surface area contributed by atoms with Gasteiger partial charge in [0.05, 0.1) is 18.7 Å². The molecule has 2 amide bonds. The lowest BCUT2D eigenvalue weighted by molar-refractivity contribution is -0.134. The monoisotopic (exact) mass is 427 g/mol. The minimum absolute atomic E-state index is 0.0362. The lowest BCUT2D eigenvalue weighted by Gasteiger charge is -2.27. The van der Waals surface area contributed by atoms with E-state index in [-0.39, 0.29) is 41.6 Å². The molecule has 5 atom stereocenters. The second-order valence-corrected chi connectivity index (χ2v) is 9.71. The summed E-state index contributed by atoms with van der Waals surface area (Å²) in [5.74, 6) is 0.180. The normalized spacial score (nSPS) is 29.5. The average molecular weight is 428 g/mol. The number of carbonyl (C=O) groups is 3. The van der Waals surface area contributed by atoms with Gasteiger partial charge in [-0.1, -0.05) is 44.2 Å². The van der Waals surface area contributed by atoms with Crippen molar-refractivity contribution in [3.05, 3.63) is 35.9 Å². The van der Waals surface area contributed by atoms with Gasteiger partial charge < -0.3 is 20.7 Å². The largest absolute Gasteiger partial charge is 0.369 e. The molecule has 0 radical (unpaired) electrons. The van der Waals surface area contributed by atoms with Crippen LogP contribution in [0, 0.1) is 23.2 Å². The molecule has 1 aliphatic carbocycles. The van der Waals surface area contributed by atoms with Crippen LogP contribution in [-0.4, -0.2) is 49.4 Å². The second kappa shape index (κ2) is 9.09. The molecule has 3 N–H and O–H groups in total. The highest BCUT2D eigenvalue weighted by atomic mass is 16.5. The summed E-state index contributed by atoms with van der Waals surface area (Å²) in [6, 6.07) is 8.66. The first kappa shape index (κ1) is 22.0. The van der Waals surface area contributed by atoms with E-state index in [0.717, 1.165) is 24.9 Å². The van der Waals surface area contributed by atoms with Crippen molar-refractivity contribution >= 4 is 17.6 Å². The fourth-order valence-corrected chi connectivity index (χ4v) is 5.30. The number of carbonyl (C=O) groups excluding carboxylic acids is 3. The Hall–Kier alpha value is -2.25. The molecule has 0 spiro atoms. The lowest BCUT2D eigenvalue weighted by Crippen LogP contribution is -2.52. The van der Waals surface area contributed by atoms with Gasteiger partial charge in [-0.25, -0.2) is 0 Å². The number of nitrogens with one attached hydrogen (secondary N) is 3. The minimum atomic E-state index is -0.722. The van der Waals surface area contributed by atoms with E-state index >= 15 is 0 Å². The molecular formula is C24H33N3O4. The van der Waals surface area contributed by atoms with Crippen molar-refractivity contribution in [2.75, 3.05) is 19.7 Å². The molecule has 2 heterocycles. The summed E-state index contributed by atoms with van der Waals surface area (Å²) in [6.45, 7) is 6.12. The molecule has 3 unspecified atom stereocenters. The van der Waals surface area contributed by atoms with E-state index in [1.54, 1.807) is 0 Å². The lowest BCUT2D eigenvalue weighted by atomic mass is 9.90. The van der Waals surface area contributed by atoms with E-state index in [4.69, 9.17) is 4.74 Å². The van der Waals surface area contributed by atoms with Crippen LogP contribution in [0.1, 0.15) is 38.7 Å². The average Bonchev–Trinajstić information content (AvgIpc) is 3.09. The number of amides is 2. The summed E-state index contributed by atoms with van der Waals surface area (Å²) >= 11 is 0. The van der Waals surface area contributed by atoms with Gasteiger partial charge in [-0.05, 0) is 48.6 Å². The van der Waals surface area contributed by atoms with Crippen LogP contribution >= 0.6 is 0 Å². The summed E-state index contributed by atoms with van der Waals surface area (Å²) in [5, 5.41) is 9.13. The molecule has 7 heteroatoms. The molecular weight excluding hydrogens is 394 g/mol. The highest BCUT2D eigenvalue weighted by Crippen LogP contribution is 2.62. The third kappa shape index (κ3) is 4.83. The Labute approximate surface area is 183 Å². The Morgan fingerprint density at radius 3 is 2.71 bits per heavy atom. The maximum absolute atomic E-state index is 13.0. The molecule has 2 aliphatic heterocycles. The zero-order valence-corrected chi connectivity index (χ0v) is 18.4. The van der Waals surface area contributed by atoms with Gasteiger partial charge in [0.15, 0.2) is 5.78 Å². The molecule has 31 heavy (non-hydrogen) atoms. The van der Waals surface area contributed by atoms with Crippen molar-refractivity contribution in [2.24, 2.45) is 23.2 Å². The highest BCUT2D eigenvalue weighted by molar-refractivity contribution is 5.92. The van der Waals surface area contributed by atoms with Gasteiger partial charge in [-0.15, -0.1) is 0 Å². The molecule has 0 bridgehead atoms. The van der Waals surface area contributed by atoms with Gasteiger partial charge in [-0.2, -0.15) is 0 Å². The number of hydrogen-bond acceptors (Lipinski definition) is 5. The Kier molecular flexibility index (Phi) is 6.44. The molecule has 3 aliphatic rings. The van der Waals surface area contributed by atoms with Crippen LogP contribution in [0.5, 0.6) is 0 Å². The molecule has 4 rings (SSSR count). The molecule has 1 saturated carbocycles. The first-order chi connectivity index (χ1) is 14.9. The van der Waals surface area contributed by atoms with Crippen LogP contribution in [0.2, 0.25) is 0 Å². The van der Waals surface area contributed by atoms with Crippen molar-refractivity contribution in [1.82, 2.24) is 16.0 Å². The smallest absolute Gasteiger partial charge is 0.238 e.